The molecule has 4 nitrogen and oxygen atoms in total. The van der Waals surface area contributed by atoms with Gasteiger partial charge < -0.3 is 0 Å². The van der Waals surface area contributed by atoms with Gasteiger partial charge >= 0.3 is 0 Å². The van der Waals surface area contributed by atoms with Gasteiger partial charge in [-0.15, -0.1) is 0 Å². The molecule has 1 fully saturated rings. The third-order valence-electron chi connectivity index (χ3n) is 3.89. The SMILES string of the molecule is O=C(NOC1CCC1)C1CCCc2cccnc21. The molecule has 3 rings (SSSR count). The number of aromatic nitrogens is 1. The van der Waals surface area contributed by atoms with Crippen LogP contribution in [0.4, 0.5) is 0 Å². The van der Waals surface area contributed by atoms with Crippen molar-refractivity contribution < 1.29 is 9.63 Å². The summed E-state index contributed by atoms with van der Waals surface area (Å²) in [5, 5.41) is 0. The van der Waals surface area contributed by atoms with Crippen molar-refractivity contribution in [1.82, 2.24) is 10.5 Å². The molecule has 1 aromatic heterocycles. The number of hydrogen-bond acceptors (Lipinski definition) is 3. The van der Waals surface area contributed by atoms with E-state index in [-0.39, 0.29) is 17.9 Å². The Labute approximate surface area is 107 Å². The second-order valence-corrected chi connectivity index (χ2v) is 5.13. The van der Waals surface area contributed by atoms with E-state index in [1.807, 2.05) is 6.07 Å². The molecule has 1 unspecified atom stereocenters. The predicted molar refractivity (Wildman–Crippen MR) is 66.8 cm³/mol. The van der Waals surface area contributed by atoms with E-state index in [1.54, 1.807) is 6.20 Å². The van der Waals surface area contributed by atoms with E-state index in [0.29, 0.717) is 0 Å². The first-order chi connectivity index (χ1) is 8.84. The van der Waals surface area contributed by atoms with E-state index in [0.717, 1.165) is 37.8 Å². The van der Waals surface area contributed by atoms with E-state index in [1.165, 1.54) is 12.0 Å². The summed E-state index contributed by atoms with van der Waals surface area (Å²) in [7, 11) is 0. The fourth-order valence-corrected chi connectivity index (χ4v) is 2.57. The highest BCUT2D eigenvalue weighted by Crippen LogP contribution is 2.30. The number of carbonyl (C=O) groups is 1. The lowest BCUT2D eigenvalue weighted by Crippen LogP contribution is -2.37. The maximum absolute atomic E-state index is 12.1. The van der Waals surface area contributed by atoms with E-state index >= 15 is 0 Å². The lowest BCUT2D eigenvalue weighted by atomic mass is 9.86. The molecule has 2 aliphatic carbocycles. The molecule has 1 N–H and O–H groups in total. The summed E-state index contributed by atoms with van der Waals surface area (Å²) in [6, 6.07) is 4.00. The summed E-state index contributed by atoms with van der Waals surface area (Å²) in [6.45, 7) is 0. The van der Waals surface area contributed by atoms with Crippen molar-refractivity contribution >= 4 is 5.91 Å². The Kier molecular flexibility index (Phi) is 3.28. The zero-order chi connectivity index (χ0) is 12.4. The maximum Gasteiger partial charge on any atom is 0.252 e. The van der Waals surface area contributed by atoms with Crippen LogP contribution in [0.25, 0.3) is 0 Å². The van der Waals surface area contributed by atoms with Gasteiger partial charge in [-0.1, -0.05) is 6.07 Å². The van der Waals surface area contributed by atoms with Gasteiger partial charge in [0.05, 0.1) is 17.7 Å². The summed E-state index contributed by atoms with van der Waals surface area (Å²) in [5.74, 6) is -0.184. The number of hydrogen-bond donors (Lipinski definition) is 1. The minimum atomic E-state index is -0.143. The Balaban J connectivity index is 1.66. The van der Waals surface area contributed by atoms with Gasteiger partial charge in [-0.25, -0.2) is 5.48 Å². The van der Waals surface area contributed by atoms with Gasteiger partial charge in [-0.05, 0) is 50.2 Å². The number of carbonyl (C=O) groups excluding carboxylic acids is 1. The van der Waals surface area contributed by atoms with E-state index in [9.17, 15) is 4.79 Å². The molecule has 1 aromatic rings. The van der Waals surface area contributed by atoms with Crippen LogP contribution in [0.3, 0.4) is 0 Å². The second kappa shape index (κ2) is 5.06. The zero-order valence-corrected chi connectivity index (χ0v) is 10.4. The van der Waals surface area contributed by atoms with Gasteiger partial charge in [-0.3, -0.25) is 14.6 Å². The molecule has 1 saturated carbocycles. The molecule has 0 aliphatic heterocycles. The lowest BCUT2D eigenvalue weighted by Gasteiger charge is -2.27. The smallest absolute Gasteiger partial charge is 0.252 e. The van der Waals surface area contributed by atoms with Crippen LogP contribution in [-0.4, -0.2) is 17.0 Å². The molecule has 0 bridgehead atoms. The average Bonchev–Trinajstić information content (AvgIpc) is 2.36. The molecule has 0 aromatic carbocycles. The number of nitrogens with one attached hydrogen (secondary N) is 1. The molecule has 1 atom stereocenters. The number of rotatable bonds is 3. The van der Waals surface area contributed by atoms with Crippen molar-refractivity contribution in [2.24, 2.45) is 0 Å². The number of nitrogens with zero attached hydrogens (tertiary/aromatic N) is 1. The highest BCUT2D eigenvalue weighted by atomic mass is 16.7. The van der Waals surface area contributed by atoms with Gasteiger partial charge in [0.25, 0.3) is 5.91 Å². The van der Waals surface area contributed by atoms with Gasteiger partial charge in [-0.2, -0.15) is 0 Å². The first-order valence-electron chi connectivity index (χ1n) is 6.74. The van der Waals surface area contributed by atoms with Crippen molar-refractivity contribution in [1.29, 1.82) is 0 Å². The standard InChI is InChI=1S/C14H18N2O2/c17-14(16-18-11-6-2-7-11)12-8-1-4-10-5-3-9-15-13(10)12/h3,5,9,11-12H,1-2,4,6-8H2,(H,16,17). The first-order valence-corrected chi connectivity index (χ1v) is 6.74. The number of fused-ring (bicyclic) bond motifs is 1. The summed E-state index contributed by atoms with van der Waals surface area (Å²) in [5.41, 5.74) is 4.75. The molecule has 1 heterocycles. The minimum Gasteiger partial charge on any atom is -0.272 e. The Morgan fingerprint density at radius 2 is 2.22 bits per heavy atom. The number of hydroxylamine groups is 1. The van der Waals surface area contributed by atoms with Gasteiger partial charge in [0.15, 0.2) is 0 Å². The topological polar surface area (TPSA) is 51.2 Å². The first kappa shape index (κ1) is 11.7. The third-order valence-corrected chi connectivity index (χ3v) is 3.89. The van der Waals surface area contributed by atoms with Crippen LogP contribution in [0.15, 0.2) is 18.3 Å². The highest BCUT2D eigenvalue weighted by molar-refractivity contribution is 5.82. The normalized spacial score (nSPS) is 23.0. The lowest BCUT2D eigenvalue weighted by molar-refractivity contribution is -0.144. The third kappa shape index (κ3) is 2.25. The van der Waals surface area contributed by atoms with Crippen molar-refractivity contribution in [3.05, 3.63) is 29.6 Å². The molecule has 96 valence electrons. The van der Waals surface area contributed by atoms with Crippen LogP contribution in [0, 0.1) is 0 Å². The largest absolute Gasteiger partial charge is 0.272 e. The number of aryl methyl sites for hydroxylation is 1. The Hall–Kier alpha value is -1.42. The van der Waals surface area contributed by atoms with Crippen molar-refractivity contribution in [3.63, 3.8) is 0 Å². The highest BCUT2D eigenvalue weighted by Gasteiger charge is 2.29. The maximum atomic E-state index is 12.1. The Bertz CT molecular complexity index is 443. The molecule has 0 radical (unpaired) electrons. The van der Waals surface area contributed by atoms with Crippen LogP contribution in [0.2, 0.25) is 0 Å². The monoisotopic (exact) mass is 246 g/mol. The summed E-state index contributed by atoms with van der Waals surface area (Å²) in [4.78, 5) is 21.9. The van der Waals surface area contributed by atoms with Gasteiger partial charge in [0.2, 0.25) is 0 Å². The van der Waals surface area contributed by atoms with Crippen LogP contribution < -0.4 is 5.48 Å². The van der Waals surface area contributed by atoms with Crippen molar-refractivity contribution in [2.75, 3.05) is 0 Å². The summed E-state index contributed by atoms with van der Waals surface area (Å²) in [6.07, 6.45) is 8.23. The molecule has 0 spiro atoms. The fourth-order valence-electron chi connectivity index (χ4n) is 2.57. The predicted octanol–water partition coefficient (Wildman–Crippen LogP) is 2.10. The average molecular weight is 246 g/mol. The van der Waals surface area contributed by atoms with Crippen LogP contribution in [0.1, 0.15) is 49.3 Å². The van der Waals surface area contributed by atoms with E-state index in [4.69, 9.17) is 4.84 Å². The van der Waals surface area contributed by atoms with Crippen LogP contribution in [-0.2, 0) is 16.1 Å². The van der Waals surface area contributed by atoms with Crippen molar-refractivity contribution in [3.8, 4) is 0 Å². The zero-order valence-electron chi connectivity index (χ0n) is 10.4. The molecule has 0 saturated heterocycles. The van der Waals surface area contributed by atoms with Gasteiger partial charge in [0, 0.05) is 6.20 Å². The summed E-state index contributed by atoms with van der Waals surface area (Å²) < 4.78 is 0. The molecule has 2 aliphatic rings. The number of pyridine rings is 1. The van der Waals surface area contributed by atoms with Crippen molar-refractivity contribution in [2.45, 2.75) is 50.5 Å². The van der Waals surface area contributed by atoms with Gasteiger partial charge in [0.1, 0.15) is 0 Å². The van der Waals surface area contributed by atoms with Crippen LogP contribution >= 0.6 is 0 Å². The minimum absolute atomic E-state index is 0.0402. The molecular weight excluding hydrogens is 228 g/mol. The molecule has 1 amide bonds. The molecule has 18 heavy (non-hydrogen) atoms. The fraction of sp³-hybridized carbons (Fsp3) is 0.571. The Morgan fingerprint density at radius 3 is 3.00 bits per heavy atom. The molecular formula is C14H18N2O2. The van der Waals surface area contributed by atoms with Crippen LogP contribution in [0.5, 0.6) is 0 Å². The van der Waals surface area contributed by atoms with E-state index < -0.39 is 0 Å². The molecule has 4 heteroatoms. The second-order valence-electron chi connectivity index (χ2n) is 5.13. The quantitative estimate of drug-likeness (QED) is 0.831. The van der Waals surface area contributed by atoms with E-state index in [2.05, 4.69) is 16.5 Å². The number of amides is 1. The Morgan fingerprint density at radius 1 is 1.33 bits per heavy atom. The summed E-state index contributed by atoms with van der Waals surface area (Å²) >= 11 is 0.